The smallest absolute Gasteiger partial charge is 0.151 e. The van der Waals surface area contributed by atoms with E-state index in [9.17, 15) is 10.2 Å². The Hall–Kier alpha value is -3.27. The first kappa shape index (κ1) is 14.7. The van der Waals surface area contributed by atoms with Crippen LogP contribution in [0.1, 0.15) is 0 Å². The van der Waals surface area contributed by atoms with Crippen molar-refractivity contribution < 1.29 is 10.2 Å². The Kier molecular flexibility index (Phi) is 3.97. The molecule has 0 aliphatic rings. The third-order valence-corrected chi connectivity index (χ3v) is 3.49. The minimum absolute atomic E-state index is 0.00920. The van der Waals surface area contributed by atoms with Crippen molar-refractivity contribution in [3.05, 3.63) is 67.3 Å². The van der Waals surface area contributed by atoms with Crippen LogP contribution in [-0.4, -0.2) is 16.4 Å². The third-order valence-electron chi connectivity index (χ3n) is 3.49. The molecule has 3 aromatic rings. The van der Waals surface area contributed by atoms with Crippen molar-refractivity contribution in [1.29, 1.82) is 0 Å². The van der Waals surface area contributed by atoms with Crippen molar-refractivity contribution >= 4 is 34.0 Å². The van der Waals surface area contributed by atoms with Gasteiger partial charge in [-0.3, -0.25) is 4.99 Å². The molecule has 0 fully saturated rings. The fraction of sp³-hybridized carbons (Fsp3) is 0. The molecule has 0 aromatic heterocycles. The van der Waals surface area contributed by atoms with Crippen LogP contribution >= 0.6 is 0 Å². The number of anilines is 2. The molecule has 0 unspecified atom stereocenters. The normalized spacial score (nSPS) is 11.0. The zero-order valence-corrected chi connectivity index (χ0v) is 12.4. The number of aliphatic imine (C=N–C) groups is 1. The van der Waals surface area contributed by atoms with Crippen molar-refractivity contribution in [3.63, 3.8) is 0 Å². The summed E-state index contributed by atoms with van der Waals surface area (Å²) < 4.78 is 0. The predicted molar refractivity (Wildman–Crippen MR) is 95.4 cm³/mol. The average molecular weight is 304 g/mol. The number of aromatic hydroxyl groups is 2. The number of phenolic OH excluding ortho intramolecular Hbond substituents is 2. The number of hydrogen-bond donors (Lipinski definition) is 3. The number of phenols is 2. The number of fused-ring (bicyclic) bond motifs is 1. The molecule has 0 atom stereocenters. The summed E-state index contributed by atoms with van der Waals surface area (Å²) in [5.41, 5.74) is 1.41. The zero-order valence-electron chi connectivity index (χ0n) is 12.4. The Balaban J connectivity index is 2.26. The molecule has 0 heterocycles. The molecule has 0 aliphatic carbocycles. The van der Waals surface area contributed by atoms with Crippen molar-refractivity contribution in [2.45, 2.75) is 0 Å². The van der Waals surface area contributed by atoms with Gasteiger partial charge in [-0.25, -0.2) is 0 Å². The van der Waals surface area contributed by atoms with E-state index in [1.165, 1.54) is 12.3 Å². The highest BCUT2D eigenvalue weighted by atomic mass is 16.3. The summed E-state index contributed by atoms with van der Waals surface area (Å²) in [6, 6.07) is 16.5. The van der Waals surface area contributed by atoms with E-state index < -0.39 is 0 Å². The minimum Gasteiger partial charge on any atom is -0.505 e. The van der Waals surface area contributed by atoms with E-state index in [0.717, 1.165) is 5.69 Å². The standard InChI is InChI=1S/C19H16N2O2/c1-2-12-20-16-17(21-13-8-4-3-5-9-13)19(23)15-11-7-6-10-14(15)18(16)22/h2-12,21-23H,1H2. The molecule has 3 aromatic carbocycles. The van der Waals surface area contributed by atoms with Crippen LogP contribution in [0.5, 0.6) is 11.5 Å². The molecule has 0 bridgehead atoms. The molecule has 0 aliphatic heterocycles. The van der Waals surface area contributed by atoms with Gasteiger partial charge < -0.3 is 15.5 Å². The van der Waals surface area contributed by atoms with Gasteiger partial charge >= 0.3 is 0 Å². The second-order valence-electron chi connectivity index (χ2n) is 4.97. The van der Waals surface area contributed by atoms with Gasteiger partial charge in [0.05, 0.1) is 0 Å². The Bertz CT molecular complexity index is 887. The summed E-state index contributed by atoms with van der Waals surface area (Å²) >= 11 is 0. The molecule has 0 amide bonds. The van der Waals surface area contributed by atoms with Crippen LogP contribution in [0.3, 0.4) is 0 Å². The van der Waals surface area contributed by atoms with Crippen LogP contribution in [0.2, 0.25) is 0 Å². The second kappa shape index (κ2) is 6.23. The van der Waals surface area contributed by atoms with E-state index in [4.69, 9.17) is 0 Å². The lowest BCUT2D eigenvalue weighted by Crippen LogP contribution is -1.93. The topological polar surface area (TPSA) is 64.9 Å². The van der Waals surface area contributed by atoms with Gasteiger partial charge in [-0.1, -0.05) is 55.1 Å². The van der Waals surface area contributed by atoms with Crippen LogP contribution in [0.4, 0.5) is 17.1 Å². The van der Waals surface area contributed by atoms with Gasteiger partial charge in [0.2, 0.25) is 0 Å². The van der Waals surface area contributed by atoms with E-state index >= 15 is 0 Å². The van der Waals surface area contributed by atoms with Crippen LogP contribution in [0, 0.1) is 0 Å². The number of rotatable bonds is 4. The molecule has 114 valence electrons. The van der Waals surface area contributed by atoms with Crippen LogP contribution in [0.15, 0.2) is 72.2 Å². The van der Waals surface area contributed by atoms with Crippen LogP contribution in [0.25, 0.3) is 10.8 Å². The molecule has 4 nitrogen and oxygen atoms in total. The molecule has 0 saturated heterocycles. The van der Waals surface area contributed by atoms with E-state index in [0.29, 0.717) is 16.5 Å². The maximum absolute atomic E-state index is 10.6. The Morgan fingerprint density at radius 1 is 0.870 bits per heavy atom. The largest absolute Gasteiger partial charge is 0.505 e. The summed E-state index contributed by atoms with van der Waals surface area (Å²) in [5.74, 6) is 0.0494. The van der Waals surface area contributed by atoms with Gasteiger partial charge in [-0.15, -0.1) is 0 Å². The van der Waals surface area contributed by atoms with Crippen molar-refractivity contribution in [2.75, 3.05) is 5.32 Å². The molecular formula is C19H16N2O2. The molecule has 4 heteroatoms. The summed E-state index contributed by atoms with van der Waals surface area (Å²) in [6.45, 7) is 3.59. The molecule has 3 rings (SSSR count). The first-order valence-corrected chi connectivity index (χ1v) is 7.16. The number of hydrogen-bond acceptors (Lipinski definition) is 4. The maximum atomic E-state index is 10.6. The summed E-state index contributed by atoms with van der Waals surface area (Å²) in [7, 11) is 0. The van der Waals surface area contributed by atoms with Crippen LogP contribution < -0.4 is 5.32 Å². The molecule has 0 radical (unpaired) electrons. The lowest BCUT2D eigenvalue weighted by atomic mass is 10.0. The second-order valence-corrected chi connectivity index (χ2v) is 4.97. The SMILES string of the molecule is C=CC=Nc1c(Nc2ccccc2)c(O)c2ccccc2c1O. The highest BCUT2D eigenvalue weighted by Crippen LogP contribution is 2.49. The molecule has 0 saturated carbocycles. The fourth-order valence-corrected chi connectivity index (χ4v) is 2.43. The molecule has 23 heavy (non-hydrogen) atoms. The lowest BCUT2D eigenvalue weighted by molar-refractivity contribution is 0.473. The predicted octanol–water partition coefficient (Wildman–Crippen LogP) is 4.88. The van der Waals surface area contributed by atoms with Crippen molar-refractivity contribution in [3.8, 4) is 11.5 Å². The number of benzene rings is 3. The average Bonchev–Trinajstić information content (AvgIpc) is 2.60. The van der Waals surface area contributed by atoms with Crippen LogP contribution in [-0.2, 0) is 0 Å². The van der Waals surface area contributed by atoms with Crippen molar-refractivity contribution in [1.82, 2.24) is 0 Å². The van der Waals surface area contributed by atoms with Gasteiger partial charge in [0, 0.05) is 22.7 Å². The maximum Gasteiger partial charge on any atom is 0.151 e. The van der Waals surface area contributed by atoms with E-state index in [2.05, 4.69) is 16.9 Å². The molecular weight excluding hydrogens is 288 g/mol. The van der Waals surface area contributed by atoms with Gasteiger partial charge in [-0.2, -0.15) is 0 Å². The first-order valence-electron chi connectivity index (χ1n) is 7.16. The number of para-hydroxylation sites is 1. The van der Waals surface area contributed by atoms with E-state index in [1.807, 2.05) is 30.3 Å². The number of nitrogens with zero attached hydrogens (tertiary/aromatic N) is 1. The Labute approximate surface area is 134 Å². The first-order chi connectivity index (χ1) is 11.2. The summed E-state index contributed by atoms with van der Waals surface area (Å²) in [6.07, 6.45) is 2.98. The number of nitrogens with one attached hydrogen (secondary N) is 1. The van der Waals surface area contributed by atoms with Gasteiger partial charge in [0.25, 0.3) is 0 Å². The summed E-state index contributed by atoms with van der Waals surface area (Å²) in [5, 5.41) is 25.4. The fourth-order valence-electron chi connectivity index (χ4n) is 2.43. The molecule has 0 spiro atoms. The van der Waals surface area contributed by atoms with Gasteiger partial charge in [-0.05, 0) is 12.1 Å². The highest BCUT2D eigenvalue weighted by molar-refractivity contribution is 6.05. The highest BCUT2D eigenvalue weighted by Gasteiger charge is 2.18. The monoisotopic (exact) mass is 304 g/mol. The van der Waals surface area contributed by atoms with E-state index in [1.54, 1.807) is 24.3 Å². The van der Waals surface area contributed by atoms with Gasteiger partial charge in [0.1, 0.15) is 17.1 Å². The Morgan fingerprint density at radius 2 is 1.48 bits per heavy atom. The van der Waals surface area contributed by atoms with Crippen molar-refractivity contribution in [2.24, 2.45) is 4.99 Å². The minimum atomic E-state index is 0.00920. The van der Waals surface area contributed by atoms with E-state index in [-0.39, 0.29) is 17.2 Å². The lowest BCUT2D eigenvalue weighted by Gasteiger charge is -2.15. The molecule has 3 N–H and O–H groups in total. The Morgan fingerprint density at radius 3 is 2.13 bits per heavy atom. The third kappa shape index (κ3) is 2.74. The zero-order chi connectivity index (χ0) is 16.2. The van der Waals surface area contributed by atoms with Gasteiger partial charge in [0.15, 0.2) is 5.75 Å². The number of allylic oxidation sites excluding steroid dienone is 1. The quantitative estimate of drug-likeness (QED) is 0.365. The summed E-state index contributed by atoms with van der Waals surface area (Å²) in [4.78, 5) is 4.22.